The minimum absolute atomic E-state index is 0.750. The van der Waals surface area contributed by atoms with E-state index in [1.807, 2.05) is 13.1 Å². The third kappa shape index (κ3) is 5.96. The molecule has 0 atom stereocenters. The zero-order valence-corrected chi connectivity index (χ0v) is 9.60. The summed E-state index contributed by atoms with van der Waals surface area (Å²) in [6.45, 7) is 3.47. The lowest BCUT2D eigenvalue weighted by Gasteiger charge is -1.95. The van der Waals surface area contributed by atoms with E-state index in [0.717, 1.165) is 25.0 Å². The van der Waals surface area contributed by atoms with Crippen LogP contribution in [-0.4, -0.2) is 23.5 Å². The average molecular weight is 209 g/mol. The van der Waals surface area contributed by atoms with E-state index in [2.05, 4.69) is 17.1 Å². The minimum atomic E-state index is 0.750. The molecule has 0 bridgehead atoms. The Morgan fingerprint density at radius 1 is 1.40 bits per heavy atom. The van der Waals surface area contributed by atoms with Gasteiger partial charge in [0.25, 0.3) is 0 Å². The van der Waals surface area contributed by atoms with Crippen molar-refractivity contribution in [3.05, 3.63) is 29.6 Å². The molecule has 1 aliphatic carbocycles. The number of aromatic nitrogens is 1. The van der Waals surface area contributed by atoms with Crippen LogP contribution in [0, 0.1) is 6.92 Å². The van der Waals surface area contributed by atoms with Gasteiger partial charge in [-0.15, -0.1) is 0 Å². The standard InChI is InChI=1S/C9H11N.C2H4O.CH4O/c1-7-2-3-9(6-10-7)8-4-5-8;1-2-3;1-2/h2-3,6,8H,4-5H2,1H3;2H,1H3;2H,1H3. The van der Waals surface area contributed by atoms with Crippen molar-refractivity contribution in [2.24, 2.45) is 0 Å². The van der Waals surface area contributed by atoms with Gasteiger partial charge in [0.15, 0.2) is 0 Å². The molecule has 1 saturated carbocycles. The van der Waals surface area contributed by atoms with Gasteiger partial charge in [-0.1, -0.05) is 6.07 Å². The Hall–Kier alpha value is -1.22. The maximum absolute atomic E-state index is 8.81. The van der Waals surface area contributed by atoms with Crippen LogP contribution in [0.3, 0.4) is 0 Å². The third-order valence-corrected chi connectivity index (χ3v) is 1.98. The fourth-order valence-corrected chi connectivity index (χ4v) is 1.14. The Bertz CT molecular complexity index is 265. The number of hydrogen-bond donors (Lipinski definition) is 1. The second-order valence-corrected chi connectivity index (χ2v) is 3.24. The summed E-state index contributed by atoms with van der Waals surface area (Å²) >= 11 is 0. The number of hydrogen-bond acceptors (Lipinski definition) is 3. The zero-order chi connectivity index (χ0) is 11.7. The molecule has 0 amide bonds. The van der Waals surface area contributed by atoms with Crippen LogP contribution in [0.5, 0.6) is 0 Å². The summed E-state index contributed by atoms with van der Waals surface area (Å²) < 4.78 is 0. The highest BCUT2D eigenvalue weighted by atomic mass is 16.2. The molecule has 0 saturated heterocycles. The van der Waals surface area contributed by atoms with Crippen molar-refractivity contribution >= 4 is 6.29 Å². The Balaban J connectivity index is 0.000000342. The van der Waals surface area contributed by atoms with Crippen LogP contribution in [0.2, 0.25) is 0 Å². The first-order chi connectivity index (χ1) is 7.27. The van der Waals surface area contributed by atoms with Gasteiger partial charge in [0.05, 0.1) is 0 Å². The first kappa shape index (κ1) is 13.8. The van der Waals surface area contributed by atoms with E-state index >= 15 is 0 Å². The van der Waals surface area contributed by atoms with Gasteiger partial charge in [-0.25, -0.2) is 0 Å². The summed E-state index contributed by atoms with van der Waals surface area (Å²) in [7, 11) is 1.00. The van der Waals surface area contributed by atoms with Crippen LogP contribution >= 0.6 is 0 Å². The van der Waals surface area contributed by atoms with Crippen LogP contribution in [0.15, 0.2) is 18.3 Å². The van der Waals surface area contributed by atoms with Crippen LogP contribution < -0.4 is 0 Å². The monoisotopic (exact) mass is 209 g/mol. The predicted octanol–water partition coefficient (Wildman–Crippen LogP) is 2.08. The number of aliphatic hydroxyl groups excluding tert-OH is 1. The Kier molecular flexibility index (Phi) is 7.46. The molecule has 1 aromatic rings. The molecule has 0 radical (unpaired) electrons. The quantitative estimate of drug-likeness (QED) is 0.720. The second-order valence-electron chi connectivity index (χ2n) is 3.24. The topological polar surface area (TPSA) is 50.2 Å². The smallest absolute Gasteiger partial charge is 0.116 e. The van der Waals surface area contributed by atoms with Crippen molar-refractivity contribution in [2.75, 3.05) is 7.11 Å². The van der Waals surface area contributed by atoms with E-state index in [1.165, 1.54) is 25.3 Å². The number of carbonyl (C=O) groups excluding carboxylic acids is 1. The van der Waals surface area contributed by atoms with Crippen molar-refractivity contribution < 1.29 is 9.90 Å². The number of pyridine rings is 1. The molecule has 84 valence electrons. The highest BCUT2D eigenvalue weighted by molar-refractivity contribution is 5.44. The molecule has 0 unspecified atom stereocenters. The molecule has 1 aromatic heterocycles. The zero-order valence-electron chi connectivity index (χ0n) is 9.60. The van der Waals surface area contributed by atoms with Crippen molar-refractivity contribution in [1.82, 2.24) is 4.98 Å². The lowest BCUT2D eigenvalue weighted by molar-refractivity contribution is -0.106. The number of carbonyl (C=O) groups is 1. The van der Waals surface area contributed by atoms with E-state index < -0.39 is 0 Å². The van der Waals surface area contributed by atoms with Crippen molar-refractivity contribution in [2.45, 2.75) is 32.6 Å². The Morgan fingerprint density at radius 2 is 1.93 bits per heavy atom. The lowest BCUT2D eigenvalue weighted by atomic mass is 10.2. The number of nitrogens with zero attached hydrogens (tertiary/aromatic N) is 1. The van der Waals surface area contributed by atoms with E-state index in [1.54, 1.807) is 0 Å². The van der Waals surface area contributed by atoms with Gasteiger partial charge >= 0.3 is 0 Å². The Morgan fingerprint density at radius 3 is 2.27 bits per heavy atom. The SMILES string of the molecule is CC=O.CO.Cc1ccc(C2CC2)cn1. The minimum Gasteiger partial charge on any atom is -0.400 e. The maximum Gasteiger partial charge on any atom is 0.116 e. The number of aliphatic hydroxyl groups is 1. The summed E-state index contributed by atoms with van der Waals surface area (Å²) in [5, 5.41) is 7.00. The normalized spacial score (nSPS) is 12.8. The molecular formula is C12H19NO2. The van der Waals surface area contributed by atoms with E-state index in [9.17, 15) is 0 Å². The van der Waals surface area contributed by atoms with E-state index in [0.29, 0.717) is 0 Å². The number of aryl methyl sites for hydroxylation is 1. The molecule has 15 heavy (non-hydrogen) atoms. The van der Waals surface area contributed by atoms with Gasteiger partial charge in [-0.05, 0) is 44.2 Å². The van der Waals surface area contributed by atoms with E-state index in [4.69, 9.17) is 9.90 Å². The molecule has 2 rings (SSSR count). The molecule has 1 heterocycles. The van der Waals surface area contributed by atoms with Crippen molar-refractivity contribution in [1.29, 1.82) is 0 Å². The molecule has 3 nitrogen and oxygen atoms in total. The van der Waals surface area contributed by atoms with Crippen LogP contribution in [0.4, 0.5) is 0 Å². The Labute approximate surface area is 91.2 Å². The maximum atomic E-state index is 8.81. The van der Waals surface area contributed by atoms with Gasteiger partial charge in [0.2, 0.25) is 0 Å². The third-order valence-electron chi connectivity index (χ3n) is 1.98. The fourth-order valence-electron chi connectivity index (χ4n) is 1.14. The summed E-state index contributed by atoms with van der Waals surface area (Å²) in [5.41, 5.74) is 2.54. The van der Waals surface area contributed by atoms with Gasteiger partial charge in [0.1, 0.15) is 6.29 Å². The summed E-state index contributed by atoms with van der Waals surface area (Å²) in [5.74, 6) is 0.841. The molecule has 1 fully saturated rings. The molecule has 1 N–H and O–H groups in total. The summed E-state index contributed by atoms with van der Waals surface area (Å²) in [4.78, 5) is 13.0. The second kappa shape index (κ2) is 8.12. The average Bonchev–Trinajstić information content (AvgIpc) is 3.07. The molecule has 0 aromatic carbocycles. The largest absolute Gasteiger partial charge is 0.400 e. The van der Waals surface area contributed by atoms with Crippen LogP contribution in [0.25, 0.3) is 0 Å². The molecule has 0 spiro atoms. The molecule has 1 aliphatic rings. The van der Waals surface area contributed by atoms with Gasteiger partial charge in [0, 0.05) is 19.0 Å². The number of aldehydes is 1. The number of rotatable bonds is 1. The molecular weight excluding hydrogens is 190 g/mol. The molecule has 3 heteroatoms. The summed E-state index contributed by atoms with van der Waals surface area (Å²) in [6.07, 6.45) is 5.49. The predicted molar refractivity (Wildman–Crippen MR) is 60.8 cm³/mol. The highest BCUT2D eigenvalue weighted by Crippen LogP contribution is 2.39. The molecule has 0 aliphatic heterocycles. The first-order valence-electron chi connectivity index (χ1n) is 5.05. The summed E-state index contributed by atoms with van der Waals surface area (Å²) in [6, 6.07) is 4.29. The highest BCUT2D eigenvalue weighted by Gasteiger charge is 2.23. The van der Waals surface area contributed by atoms with Crippen LogP contribution in [-0.2, 0) is 4.79 Å². The van der Waals surface area contributed by atoms with Gasteiger partial charge < -0.3 is 9.90 Å². The first-order valence-corrected chi connectivity index (χ1v) is 5.05. The van der Waals surface area contributed by atoms with Crippen LogP contribution in [0.1, 0.15) is 36.9 Å². The van der Waals surface area contributed by atoms with E-state index in [-0.39, 0.29) is 0 Å². The fraction of sp³-hybridized carbons (Fsp3) is 0.500. The van der Waals surface area contributed by atoms with Crippen molar-refractivity contribution in [3.8, 4) is 0 Å². The van der Waals surface area contributed by atoms with Crippen molar-refractivity contribution in [3.63, 3.8) is 0 Å². The lowest BCUT2D eigenvalue weighted by Crippen LogP contribution is -1.83. The van der Waals surface area contributed by atoms with Gasteiger partial charge in [-0.2, -0.15) is 0 Å². The van der Waals surface area contributed by atoms with Gasteiger partial charge in [-0.3, -0.25) is 4.98 Å².